The normalized spacial score (nSPS) is 29.6. The summed E-state index contributed by atoms with van der Waals surface area (Å²) in [5.41, 5.74) is 2.94. The van der Waals surface area contributed by atoms with Crippen LogP contribution in [0.2, 0.25) is 0 Å². The minimum Gasteiger partial charge on any atom is -0.377 e. The van der Waals surface area contributed by atoms with E-state index in [4.69, 9.17) is 4.74 Å². The number of nitrogens with one attached hydrogen (secondary N) is 2. The predicted molar refractivity (Wildman–Crippen MR) is 94.6 cm³/mol. The van der Waals surface area contributed by atoms with Crippen LogP contribution >= 0.6 is 0 Å². The molecule has 3 atom stereocenters. The highest BCUT2D eigenvalue weighted by atomic mass is 16.5. The highest BCUT2D eigenvalue weighted by Gasteiger charge is 2.65. The first-order valence-corrected chi connectivity index (χ1v) is 9.30. The van der Waals surface area contributed by atoms with Crippen molar-refractivity contribution in [3.63, 3.8) is 0 Å². The molecule has 2 saturated carbocycles. The first-order chi connectivity index (χ1) is 12.2. The molecule has 1 spiro atoms. The number of rotatable bonds is 2. The SMILES string of the molecule is Cc1cc(NC(=O)NC2C3CCOC3C23CCCC3)cn2ccnc12. The van der Waals surface area contributed by atoms with Crippen molar-refractivity contribution in [3.8, 4) is 0 Å². The Morgan fingerprint density at radius 3 is 3.08 bits per heavy atom. The molecule has 1 aliphatic heterocycles. The summed E-state index contributed by atoms with van der Waals surface area (Å²) in [6.45, 7) is 2.85. The fraction of sp³-hybridized carbons (Fsp3) is 0.579. The zero-order chi connectivity index (χ0) is 17.0. The standard InChI is InChI=1S/C19H24N4O2/c1-12-10-13(11-23-8-7-20-17(12)23)21-18(24)22-15-14-4-9-25-16(14)19(15)5-2-3-6-19/h7-8,10-11,14-16H,2-6,9H2,1H3,(H2,21,22,24). The maximum Gasteiger partial charge on any atom is 0.319 e. The van der Waals surface area contributed by atoms with E-state index in [-0.39, 0.29) is 17.5 Å². The fourth-order valence-electron chi connectivity index (χ4n) is 5.49. The summed E-state index contributed by atoms with van der Waals surface area (Å²) in [6, 6.07) is 2.11. The lowest BCUT2D eigenvalue weighted by molar-refractivity contribution is -0.125. The summed E-state index contributed by atoms with van der Waals surface area (Å²) in [4.78, 5) is 17.0. The van der Waals surface area contributed by atoms with Crippen LogP contribution in [0.4, 0.5) is 10.5 Å². The van der Waals surface area contributed by atoms with Gasteiger partial charge in [0.15, 0.2) is 0 Å². The van der Waals surface area contributed by atoms with Gasteiger partial charge in [-0.2, -0.15) is 0 Å². The number of hydrogen-bond acceptors (Lipinski definition) is 3. The monoisotopic (exact) mass is 340 g/mol. The molecule has 2 aromatic heterocycles. The quantitative estimate of drug-likeness (QED) is 0.883. The molecule has 132 valence electrons. The number of ether oxygens (including phenoxy) is 1. The van der Waals surface area contributed by atoms with Gasteiger partial charge in [-0.1, -0.05) is 12.8 Å². The first-order valence-electron chi connectivity index (χ1n) is 9.30. The van der Waals surface area contributed by atoms with Gasteiger partial charge in [-0.15, -0.1) is 0 Å². The Morgan fingerprint density at radius 2 is 2.24 bits per heavy atom. The molecule has 5 rings (SSSR count). The minimum absolute atomic E-state index is 0.111. The van der Waals surface area contributed by atoms with Gasteiger partial charge in [-0.3, -0.25) is 0 Å². The van der Waals surface area contributed by atoms with Crippen molar-refractivity contribution < 1.29 is 9.53 Å². The summed E-state index contributed by atoms with van der Waals surface area (Å²) >= 11 is 0. The molecule has 6 heteroatoms. The molecular weight excluding hydrogens is 316 g/mol. The molecule has 2 N–H and O–H groups in total. The van der Waals surface area contributed by atoms with E-state index in [0.29, 0.717) is 12.0 Å². The van der Waals surface area contributed by atoms with Crippen molar-refractivity contribution in [3.05, 3.63) is 30.2 Å². The van der Waals surface area contributed by atoms with Crippen molar-refractivity contribution in [2.75, 3.05) is 11.9 Å². The van der Waals surface area contributed by atoms with E-state index in [9.17, 15) is 4.79 Å². The zero-order valence-corrected chi connectivity index (χ0v) is 14.5. The van der Waals surface area contributed by atoms with Gasteiger partial charge in [0.05, 0.1) is 11.8 Å². The van der Waals surface area contributed by atoms with E-state index in [1.807, 2.05) is 29.8 Å². The van der Waals surface area contributed by atoms with Crippen molar-refractivity contribution in [1.82, 2.24) is 14.7 Å². The average Bonchev–Trinajstić information content (AvgIpc) is 3.31. The maximum atomic E-state index is 12.6. The number of amides is 2. The number of carbonyl (C=O) groups excluding carboxylic acids is 1. The Balaban J connectivity index is 1.32. The van der Waals surface area contributed by atoms with Gasteiger partial charge in [0.2, 0.25) is 0 Å². The molecule has 3 heterocycles. The van der Waals surface area contributed by atoms with E-state index >= 15 is 0 Å². The van der Waals surface area contributed by atoms with Gasteiger partial charge in [0.25, 0.3) is 0 Å². The van der Waals surface area contributed by atoms with Crippen LogP contribution in [0.15, 0.2) is 24.7 Å². The Labute approximate surface area is 147 Å². The number of fused-ring (bicyclic) bond motifs is 3. The topological polar surface area (TPSA) is 67.7 Å². The molecule has 1 saturated heterocycles. The van der Waals surface area contributed by atoms with Crippen LogP contribution < -0.4 is 10.6 Å². The largest absolute Gasteiger partial charge is 0.377 e. The summed E-state index contributed by atoms with van der Waals surface area (Å²) in [5, 5.41) is 6.29. The van der Waals surface area contributed by atoms with Crippen LogP contribution in [0.25, 0.3) is 5.65 Å². The molecule has 2 amide bonds. The summed E-state index contributed by atoms with van der Waals surface area (Å²) in [6.07, 6.45) is 11.9. The second-order valence-corrected chi connectivity index (χ2v) is 7.83. The molecule has 3 unspecified atom stereocenters. The van der Waals surface area contributed by atoms with E-state index in [2.05, 4.69) is 15.6 Å². The Kier molecular flexibility index (Phi) is 3.32. The van der Waals surface area contributed by atoms with Crippen molar-refractivity contribution in [1.29, 1.82) is 0 Å². The van der Waals surface area contributed by atoms with E-state index in [0.717, 1.165) is 29.9 Å². The van der Waals surface area contributed by atoms with Gasteiger partial charge in [-0.25, -0.2) is 9.78 Å². The Hall–Kier alpha value is -2.08. The second-order valence-electron chi connectivity index (χ2n) is 7.83. The first kappa shape index (κ1) is 15.2. The van der Waals surface area contributed by atoms with Crippen LogP contribution in [0.3, 0.4) is 0 Å². The van der Waals surface area contributed by atoms with E-state index < -0.39 is 0 Å². The lowest BCUT2D eigenvalue weighted by atomic mass is 9.54. The van der Waals surface area contributed by atoms with Crippen LogP contribution in [0, 0.1) is 18.3 Å². The number of aromatic nitrogens is 2. The van der Waals surface area contributed by atoms with Gasteiger partial charge in [0, 0.05) is 42.6 Å². The van der Waals surface area contributed by atoms with Crippen molar-refractivity contribution in [2.24, 2.45) is 11.3 Å². The third-order valence-electron chi connectivity index (χ3n) is 6.50. The summed E-state index contributed by atoms with van der Waals surface area (Å²) in [5.74, 6) is 0.488. The lowest BCUT2D eigenvalue weighted by Gasteiger charge is -2.56. The van der Waals surface area contributed by atoms with Crippen LogP contribution in [0.1, 0.15) is 37.7 Å². The van der Waals surface area contributed by atoms with Gasteiger partial charge >= 0.3 is 6.03 Å². The van der Waals surface area contributed by atoms with E-state index in [1.165, 1.54) is 25.7 Å². The molecular formula is C19H24N4O2. The predicted octanol–water partition coefficient (Wildman–Crippen LogP) is 3.11. The number of carbonyl (C=O) groups is 1. The minimum atomic E-state index is -0.111. The Bertz CT molecular complexity index is 824. The molecule has 0 bridgehead atoms. The number of imidazole rings is 1. The van der Waals surface area contributed by atoms with Crippen LogP contribution in [0.5, 0.6) is 0 Å². The molecule has 3 fully saturated rings. The smallest absolute Gasteiger partial charge is 0.319 e. The molecule has 2 aliphatic carbocycles. The second kappa shape index (κ2) is 5.46. The number of aryl methyl sites for hydroxylation is 1. The number of pyridine rings is 1. The Morgan fingerprint density at radius 1 is 1.40 bits per heavy atom. The number of hydrogen-bond donors (Lipinski definition) is 2. The molecule has 6 nitrogen and oxygen atoms in total. The number of nitrogens with zero attached hydrogens (tertiary/aromatic N) is 2. The van der Waals surface area contributed by atoms with Gasteiger partial charge < -0.3 is 19.8 Å². The molecule has 0 radical (unpaired) electrons. The average molecular weight is 340 g/mol. The lowest BCUT2D eigenvalue weighted by Crippen LogP contribution is -2.68. The fourth-order valence-corrected chi connectivity index (χ4v) is 5.49. The van der Waals surface area contributed by atoms with Gasteiger partial charge in [-0.05, 0) is 37.8 Å². The third-order valence-corrected chi connectivity index (χ3v) is 6.50. The maximum absolute atomic E-state index is 12.6. The van der Waals surface area contributed by atoms with Crippen molar-refractivity contribution in [2.45, 2.75) is 51.2 Å². The third kappa shape index (κ3) is 2.20. The van der Waals surface area contributed by atoms with Crippen LogP contribution in [-0.4, -0.2) is 34.2 Å². The van der Waals surface area contributed by atoms with E-state index in [1.54, 1.807) is 6.20 Å². The number of anilines is 1. The summed E-state index contributed by atoms with van der Waals surface area (Å²) < 4.78 is 7.93. The number of urea groups is 1. The zero-order valence-electron chi connectivity index (χ0n) is 14.5. The summed E-state index contributed by atoms with van der Waals surface area (Å²) in [7, 11) is 0. The molecule has 3 aliphatic rings. The highest BCUT2D eigenvalue weighted by molar-refractivity contribution is 5.90. The highest BCUT2D eigenvalue weighted by Crippen LogP contribution is 2.60. The van der Waals surface area contributed by atoms with Gasteiger partial charge in [0.1, 0.15) is 5.65 Å². The molecule has 2 aromatic rings. The van der Waals surface area contributed by atoms with Crippen molar-refractivity contribution >= 4 is 17.4 Å². The van der Waals surface area contributed by atoms with Crippen LogP contribution in [-0.2, 0) is 4.74 Å². The molecule has 0 aromatic carbocycles. The molecule has 25 heavy (non-hydrogen) atoms.